The molecule has 0 unspecified atom stereocenters. The average Bonchev–Trinajstić information content (AvgIpc) is 3.14. The van der Waals surface area contributed by atoms with Gasteiger partial charge in [-0.05, 0) is 23.8 Å². The third-order valence-electron chi connectivity index (χ3n) is 3.41. The summed E-state index contributed by atoms with van der Waals surface area (Å²) in [4.78, 5) is 7.57. The van der Waals surface area contributed by atoms with Gasteiger partial charge in [0.1, 0.15) is 5.69 Å². The maximum absolute atomic E-state index is 4.41. The predicted octanol–water partition coefficient (Wildman–Crippen LogP) is 3.62. The van der Waals surface area contributed by atoms with Gasteiger partial charge < -0.3 is 4.98 Å². The molecule has 0 bridgehead atoms. The van der Waals surface area contributed by atoms with Crippen LogP contribution in [-0.2, 0) is 0 Å². The Labute approximate surface area is 115 Å². The summed E-state index contributed by atoms with van der Waals surface area (Å²) in [5.74, 6) is 0. The van der Waals surface area contributed by atoms with E-state index in [9.17, 15) is 0 Å². The van der Waals surface area contributed by atoms with Crippen LogP contribution in [0.2, 0.25) is 0 Å². The van der Waals surface area contributed by atoms with Gasteiger partial charge in [0.15, 0.2) is 5.65 Å². The number of hydrogen-bond acceptors (Lipinski definition) is 2. The number of benzene rings is 1. The molecule has 0 spiro atoms. The molecule has 2 N–H and O–H groups in total. The minimum absolute atomic E-state index is 0.802. The van der Waals surface area contributed by atoms with Crippen molar-refractivity contribution in [2.45, 2.75) is 0 Å². The zero-order valence-corrected chi connectivity index (χ0v) is 10.7. The van der Waals surface area contributed by atoms with Gasteiger partial charge in [-0.3, -0.25) is 5.10 Å². The van der Waals surface area contributed by atoms with E-state index in [0.29, 0.717) is 0 Å². The quantitative estimate of drug-likeness (QED) is 0.578. The van der Waals surface area contributed by atoms with Crippen molar-refractivity contribution in [1.29, 1.82) is 0 Å². The normalized spacial score (nSPS) is 11.0. The molecule has 3 aromatic heterocycles. The Bertz CT molecular complexity index is 858. The number of hydrogen-bond donors (Lipinski definition) is 2. The molecule has 0 saturated carbocycles. The lowest BCUT2D eigenvalue weighted by molar-refractivity contribution is 1.10. The van der Waals surface area contributed by atoms with Crippen molar-refractivity contribution in [3.05, 3.63) is 60.9 Å². The molecule has 0 aliphatic heterocycles. The fraction of sp³-hybridized carbons (Fsp3) is 0. The molecular formula is C16H12N4. The van der Waals surface area contributed by atoms with E-state index in [1.54, 1.807) is 6.20 Å². The molecule has 1 aromatic carbocycles. The Morgan fingerprint density at radius 2 is 1.80 bits per heavy atom. The summed E-state index contributed by atoms with van der Waals surface area (Å²) in [6, 6.07) is 16.3. The number of nitrogens with zero attached hydrogens (tertiary/aromatic N) is 2. The predicted molar refractivity (Wildman–Crippen MR) is 79.1 cm³/mol. The molecule has 0 radical (unpaired) electrons. The number of aromatic nitrogens is 4. The molecule has 0 aliphatic carbocycles. The number of fused-ring (bicyclic) bond motifs is 1. The summed E-state index contributed by atoms with van der Waals surface area (Å²) >= 11 is 0. The summed E-state index contributed by atoms with van der Waals surface area (Å²) in [6.45, 7) is 0. The van der Waals surface area contributed by atoms with E-state index in [4.69, 9.17) is 0 Å². The minimum atomic E-state index is 0.802. The second kappa shape index (κ2) is 4.35. The fourth-order valence-electron chi connectivity index (χ4n) is 2.47. The Morgan fingerprint density at radius 3 is 2.70 bits per heavy atom. The third kappa shape index (κ3) is 1.62. The Kier molecular flexibility index (Phi) is 2.39. The molecule has 0 aliphatic rings. The topological polar surface area (TPSA) is 57.4 Å². The SMILES string of the molecule is c1ccc(-c2cc[nH]c2-c2n[nH]c3ncccc23)cc1. The van der Waals surface area contributed by atoms with Crippen LogP contribution in [0.25, 0.3) is 33.5 Å². The molecule has 4 aromatic rings. The molecule has 0 fully saturated rings. The average molecular weight is 260 g/mol. The van der Waals surface area contributed by atoms with Gasteiger partial charge in [-0.2, -0.15) is 5.10 Å². The van der Waals surface area contributed by atoms with Crippen molar-refractivity contribution in [1.82, 2.24) is 20.2 Å². The van der Waals surface area contributed by atoms with E-state index in [1.165, 1.54) is 5.56 Å². The summed E-state index contributed by atoms with van der Waals surface area (Å²) in [7, 11) is 0. The first kappa shape index (κ1) is 11.0. The van der Waals surface area contributed by atoms with E-state index >= 15 is 0 Å². The minimum Gasteiger partial charge on any atom is -0.359 e. The summed E-state index contributed by atoms with van der Waals surface area (Å²) in [6.07, 6.45) is 3.70. The largest absolute Gasteiger partial charge is 0.359 e. The van der Waals surface area contributed by atoms with Crippen molar-refractivity contribution in [3.63, 3.8) is 0 Å². The van der Waals surface area contributed by atoms with E-state index < -0.39 is 0 Å². The highest BCUT2D eigenvalue weighted by atomic mass is 15.2. The van der Waals surface area contributed by atoms with Crippen LogP contribution >= 0.6 is 0 Å². The van der Waals surface area contributed by atoms with Crippen LogP contribution in [-0.4, -0.2) is 20.2 Å². The molecule has 4 nitrogen and oxygen atoms in total. The van der Waals surface area contributed by atoms with Gasteiger partial charge in [0, 0.05) is 23.3 Å². The van der Waals surface area contributed by atoms with Gasteiger partial charge in [-0.15, -0.1) is 0 Å². The zero-order chi connectivity index (χ0) is 13.4. The van der Waals surface area contributed by atoms with Gasteiger partial charge in [0.25, 0.3) is 0 Å². The van der Waals surface area contributed by atoms with Crippen LogP contribution < -0.4 is 0 Å². The van der Waals surface area contributed by atoms with Crippen LogP contribution in [0, 0.1) is 0 Å². The van der Waals surface area contributed by atoms with Crippen molar-refractivity contribution < 1.29 is 0 Å². The van der Waals surface area contributed by atoms with E-state index in [1.807, 2.05) is 36.5 Å². The number of rotatable bonds is 2. The maximum atomic E-state index is 4.41. The van der Waals surface area contributed by atoms with Crippen LogP contribution in [0.4, 0.5) is 0 Å². The van der Waals surface area contributed by atoms with E-state index in [2.05, 4.69) is 38.4 Å². The summed E-state index contributed by atoms with van der Waals surface area (Å²) in [5.41, 5.74) is 5.02. The molecule has 0 saturated heterocycles. The first-order valence-corrected chi connectivity index (χ1v) is 6.46. The lowest BCUT2D eigenvalue weighted by Crippen LogP contribution is -1.83. The van der Waals surface area contributed by atoms with Crippen molar-refractivity contribution in [2.75, 3.05) is 0 Å². The molecule has 20 heavy (non-hydrogen) atoms. The number of nitrogens with one attached hydrogen (secondary N) is 2. The monoisotopic (exact) mass is 260 g/mol. The van der Waals surface area contributed by atoms with Gasteiger partial charge in [-0.25, -0.2) is 4.98 Å². The van der Waals surface area contributed by atoms with Crippen molar-refractivity contribution >= 4 is 11.0 Å². The standard InChI is InChI=1S/C16H12N4/c1-2-5-11(6-3-1)12-8-10-17-14(12)15-13-7-4-9-18-16(13)20-19-15/h1-10,17H,(H,18,19,20). The number of aromatic amines is 2. The Morgan fingerprint density at radius 1 is 0.900 bits per heavy atom. The Hall–Kier alpha value is -2.88. The fourth-order valence-corrected chi connectivity index (χ4v) is 2.47. The molecule has 96 valence electrons. The molecule has 4 rings (SSSR count). The Balaban J connectivity index is 1.94. The van der Waals surface area contributed by atoms with Crippen LogP contribution in [0.1, 0.15) is 0 Å². The zero-order valence-electron chi connectivity index (χ0n) is 10.7. The smallest absolute Gasteiger partial charge is 0.155 e. The van der Waals surface area contributed by atoms with Gasteiger partial charge >= 0.3 is 0 Å². The number of pyridine rings is 1. The lowest BCUT2D eigenvalue weighted by atomic mass is 10.0. The van der Waals surface area contributed by atoms with E-state index in [-0.39, 0.29) is 0 Å². The lowest BCUT2D eigenvalue weighted by Gasteiger charge is -2.02. The molecular weight excluding hydrogens is 248 g/mol. The molecule has 0 atom stereocenters. The first-order chi connectivity index (χ1) is 9.93. The molecule has 4 heteroatoms. The second-order valence-electron chi connectivity index (χ2n) is 4.60. The highest BCUT2D eigenvalue weighted by molar-refractivity contribution is 5.94. The van der Waals surface area contributed by atoms with Crippen LogP contribution in [0.3, 0.4) is 0 Å². The number of H-pyrrole nitrogens is 2. The summed E-state index contributed by atoms with van der Waals surface area (Å²) < 4.78 is 0. The second-order valence-corrected chi connectivity index (χ2v) is 4.60. The van der Waals surface area contributed by atoms with Crippen molar-refractivity contribution in [3.8, 4) is 22.5 Å². The van der Waals surface area contributed by atoms with Gasteiger partial charge in [0.05, 0.1) is 5.69 Å². The van der Waals surface area contributed by atoms with Gasteiger partial charge in [0.2, 0.25) is 0 Å². The maximum Gasteiger partial charge on any atom is 0.155 e. The van der Waals surface area contributed by atoms with E-state index in [0.717, 1.165) is 28.0 Å². The van der Waals surface area contributed by atoms with Crippen LogP contribution in [0.15, 0.2) is 60.9 Å². The summed E-state index contributed by atoms with van der Waals surface area (Å²) in [5, 5.41) is 8.40. The third-order valence-corrected chi connectivity index (χ3v) is 3.41. The molecule has 0 amide bonds. The van der Waals surface area contributed by atoms with Crippen molar-refractivity contribution in [2.24, 2.45) is 0 Å². The first-order valence-electron chi connectivity index (χ1n) is 6.46. The highest BCUT2D eigenvalue weighted by Gasteiger charge is 2.14. The highest BCUT2D eigenvalue weighted by Crippen LogP contribution is 2.32. The van der Waals surface area contributed by atoms with Crippen LogP contribution in [0.5, 0.6) is 0 Å². The van der Waals surface area contributed by atoms with Gasteiger partial charge in [-0.1, -0.05) is 30.3 Å². The molecule has 3 heterocycles.